The number of pyridine rings is 1. The van der Waals surface area contributed by atoms with Crippen molar-refractivity contribution in [2.45, 2.75) is 13.8 Å². The standard InChI is InChI=1S/C10H11ClN2O/c1-7(8(2)13-14)3-9-4-10(11)6-12-5-9/h3-6,14H,1-2H3. The molecule has 74 valence electrons. The third kappa shape index (κ3) is 2.85. The summed E-state index contributed by atoms with van der Waals surface area (Å²) in [6.45, 7) is 3.58. The van der Waals surface area contributed by atoms with Crippen LogP contribution in [0.3, 0.4) is 0 Å². The molecule has 0 saturated heterocycles. The molecule has 0 bridgehead atoms. The fourth-order valence-electron chi connectivity index (χ4n) is 0.941. The number of hydrogen-bond donors (Lipinski definition) is 1. The summed E-state index contributed by atoms with van der Waals surface area (Å²) in [7, 11) is 0. The van der Waals surface area contributed by atoms with Gasteiger partial charge in [0.2, 0.25) is 0 Å². The van der Waals surface area contributed by atoms with Crippen molar-refractivity contribution in [1.29, 1.82) is 0 Å². The van der Waals surface area contributed by atoms with Gasteiger partial charge in [0.25, 0.3) is 0 Å². The molecule has 1 heterocycles. The minimum atomic E-state index is 0.574. The lowest BCUT2D eigenvalue weighted by Gasteiger charge is -1.98. The van der Waals surface area contributed by atoms with Gasteiger partial charge in [-0.25, -0.2) is 0 Å². The zero-order chi connectivity index (χ0) is 10.6. The molecule has 0 aliphatic carbocycles. The molecule has 14 heavy (non-hydrogen) atoms. The molecule has 0 atom stereocenters. The summed E-state index contributed by atoms with van der Waals surface area (Å²) < 4.78 is 0. The van der Waals surface area contributed by atoms with E-state index < -0.39 is 0 Å². The number of halogens is 1. The molecular weight excluding hydrogens is 200 g/mol. The number of oxime groups is 1. The van der Waals surface area contributed by atoms with Crippen molar-refractivity contribution in [3.05, 3.63) is 34.6 Å². The molecule has 1 aromatic heterocycles. The molecule has 0 unspecified atom stereocenters. The van der Waals surface area contributed by atoms with Gasteiger partial charge in [-0.2, -0.15) is 0 Å². The summed E-state index contributed by atoms with van der Waals surface area (Å²) in [6, 6.07) is 1.79. The van der Waals surface area contributed by atoms with E-state index in [9.17, 15) is 0 Å². The molecule has 1 N–H and O–H groups in total. The van der Waals surface area contributed by atoms with Gasteiger partial charge in [0, 0.05) is 12.4 Å². The first-order valence-corrected chi connectivity index (χ1v) is 4.49. The Labute approximate surface area is 87.7 Å². The van der Waals surface area contributed by atoms with Gasteiger partial charge in [0.15, 0.2) is 0 Å². The van der Waals surface area contributed by atoms with Gasteiger partial charge >= 0.3 is 0 Å². The number of aromatic nitrogens is 1. The van der Waals surface area contributed by atoms with Crippen molar-refractivity contribution >= 4 is 23.4 Å². The number of nitrogens with zero attached hydrogens (tertiary/aromatic N) is 2. The van der Waals surface area contributed by atoms with Crippen LogP contribution in [0.1, 0.15) is 19.4 Å². The average molecular weight is 211 g/mol. The molecule has 3 nitrogen and oxygen atoms in total. The lowest BCUT2D eigenvalue weighted by molar-refractivity contribution is 0.319. The minimum Gasteiger partial charge on any atom is -0.411 e. The van der Waals surface area contributed by atoms with Gasteiger partial charge in [-0.1, -0.05) is 16.8 Å². The zero-order valence-corrected chi connectivity index (χ0v) is 8.78. The topological polar surface area (TPSA) is 45.5 Å². The fraction of sp³-hybridized carbons (Fsp3) is 0.200. The molecule has 0 radical (unpaired) electrons. The maximum Gasteiger partial charge on any atom is 0.0794 e. The Morgan fingerprint density at radius 2 is 2.21 bits per heavy atom. The van der Waals surface area contributed by atoms with Crippen molar-refractivity contribution in [2.24, 2.45) is 5.16 Å². The molecule has 4 heteroatoms. The Morgan fingerprint density at radius 1 is 1.50 bits per heavy atom. The number of rotatable bonds is 2. The predicted molar refractivity (Wildman–Crippen MR) is 57.8 cm³/mol. The molecule has 0 spiro atoms. The molecule has 0 aliphatic heterocycles. The number of allylic oxidation sites excluding steroid dienone is 1. The molecule has 0 fully saturated rings. The highest BCUT2D eigenvalue weighted by Crippen LogP contribution is 2.12. The second-order valence-electron chi connectivity index (χ2n) is 2.95. The molecule has 0 saturated carbocycles. The molecule has 0 aromatic carbocycles. The van der Waals surface area contributed by atoms with E-state index in [1.165, 1.54) is 0 Å². The van der Waals surface area contributed by atoms with Gasteiger partial charge < -0.3 is 5.21 Å². The highest BCUT2D eigenvalue weighted by molar-refractivity contribution is 6.30. The Morgan fingerprint density at radius 3 is 2.79 bits per heavy atom. The smallest absolute Gasteiger partial charge is 0.0794 e. The third-order valence-corrected chi connectivity index (χ3v) is 2.04. The summed E-state index contributed by atoms with van der Waals surface area (Å²) in [5.74, 6) is 0. The maximum atomic E-state index is 8.54. The summed E-state index contributed by atoms with van der Waals surface area (Å²) >= 11 is 5.77. The van der Waals surface area contributed by atoms with Crippen LogP contribution in [0.25, 0.3) is 6.08 Å². The lowest BCUT2D eigenvalue weighted by Crippen LogP contribution is -1.92. The number of hydrogen-bond acceptors (Lipinski definition) is 3. The van der Waals surface area contributed by atoms with Gasteiger partial charge in [0.05, 0.1) is 10.7 Å². The summed E-state index contributed by atoms with van der Waals surface area (Å²) in [6.07, 6.45) is 5.12. The van der Waals surface area contributed by atoms with E-state index in [0.29, 0.717) is 10.7 Å². The summed E-state index contributed by atoms with van der Waals surface area (Å²) in [4.78, 5) is 3.94. The van der Waals surface area contributed by atoms with Crippen molar-refractivity contribution < 1.29 is 5.21 Å². The van der Waals surface area contributed by atoms with E-state index in [1.807, 2.05) is 13.0 Å². The van der Waals surface area contributed by atoms with Crippen LogP contribution in [0.4, 0.5) is 0 Å². The Balaban J connectivity index is 2.97. The highest BCUT2D eigenvalue weighted by Gasteiger charge is 1.96. The van der Waals surface area contributed by atoms with Crippen LogP contribution in [-0.2, 0) is 0 Å². The van der Waals surface area contributed by atoms with Crippen LogP contribution >= 0.6 is 11.6 Å². The highest BCUT2D eigenvalue weighted by atomic mass is 35.5. The van der Waals surface area contributed by atoms with E-state index >= 15 is 0 Å². The Kier molecular flexibility index (Phi) is 3.65. The van der Waals surface area contributed by atoms with E-state index in [1.54, 1.807) is 25.4 Å². The maximum absolute atomic E-state index is 8.54. The predicted octanol–water partition coefficient (Wildman–Crippen LogP) is 2.99. The van der Waals surface area contributed by atoms with E-state index in [-0.39, 0.29) is 0 Å². The van der Waals surface area contributed by atoms with Crippen molar-refractivity contribution in [1.82, 2.24) is 4.98 Å². The average Bonchev–Trinajstić information content (AvgIpc) is 2.16. The van der Waals surface area contributed by atoms with Crippen molar-refractivity contribution in [2.75, 3.05) is 0 Å². The zero-order valence-electron chi connectivity index (χ0n) is 8.03. The van der Waals surface area contributed by atoms with Crippen LogP contribution in [0.2, 0.25) is 5.02 Å². The monoisotopic (exact) mass is 210 g/mol. The minimum absolute atomic E-state index is 0.574. The molecule has 1 aromatic rings. The molecular formula is C10H11ClN2O. The van der Waals surface area contributed by atoms with Crippen LogP contribution in [0.15, 0.2) is 29.2 Å². The van der Waals surface area contributed by atoms with Crippen LogP contribution in [0.5, 0.6) is 0 Å². The Bertz CT molecular complexity index is 385. The fourth-order valence-corrected chi connectivity index (χ4v) is 1.12. The molecule has 1 rings (SSSR count). The van der Waals surface area contributed by atoms with Gasteiger partial charge in [-0.05, 0) is 37.1 Å². The Hall–Kier alpha value is -1.35. The first-order valence-electron chi connectivity index (χ1n) is 4.11. The summed E-state index contributed by atoms with van der Waals surface area (Å²) in [5, 5.41) is 12.2. The molecule has 0 amide bonds. The SMILES string of the molecule is CC(=Cc1cncc(Cl)c1)C(C)=NO. The van der Waals surface area contributed by atoms with Crippen LogP contribution < -0.4 is 0 Å². The van der Waals surface area contributed by atoms with Gasteiger partial charge in [-0.3, -0.25) is 4.98 Å². The first-order chi connectivity index (χ1) is 6.63. The van der Waals surface area contributed by atoms with Crippen LogP contribution in [-0.4, -0.2) is 15.9 Å². The molecule has 0 aliphatic rings. The lowest BCUT2D eigenvalue weighted by atomic mass is 10.1. The third-order valence-electron chi connectivity index (χ3n) is 1.83. The van der Waals surface area contributed by atoms with E-state index in [0.717, 1.165) is 11.1 Å². The summed E-state index contributed by atoms with van der Waals surface area (Å²) in [5.41, 5.74) is 2.33. The quantitative estimate of drug-likeness (QED) is 0.463. The van der Waals surface area contributed by atoms with Crippen molar-refractivity contribution in [3.63, 3.8) is 0 Å². The largest absolute Gasteiger partial charge is 0.411 e. The van der Waals surface area contributed by atoms with E-state index in [4.69, 9.17) is 16.8 Å². The van der Waals surface area contributed by atoms with Crippen LogP contribution in [0, 0.1) is 0 Å². The van der Waals surface area contributed by atoms with Crippen molar-refractivity contribution in [3.8, 4) is 0 Å². The first kappa shape index (κ1) is 10.7. The normalized spacial score (nSPS) is 13.1. The second kappa shape index (κ2) is 4.77. The second-order valence-corrected chi connectivity index (χ2v) is 3.39. The van der Waals surface area contributed by atoms with E-state index in [2.05, 4.69) is 10.1 Å². The van der Waals surface area contributed by atoms with Gasteiger partial charge in [-0.15, -0.1) is 0 Å². The van der Waals surface area contributed by atoms with Gasteiger partial charge in [0.1, 0.15) is 0 Å².